The molecule has 3 fully saturated rings. The van der Waals surface area contributed by atoms with E-state index in [0.29, 0.717) is 38.8 Å². The van der Waals surface area contributed by atoms with E-state index in [1.165, 1.54) is 9.80 Å². The second-order valence-electron chi connectivity index (χ2n) is 7.16. The molecule has 3 N–H and O–H groups in total. The van der Waals surface area contributed by atoms with Gasteiger partial charge in [0.15, 0.2) is 0 Å². The van der Waals surface area contributed by atoms with Crippen molar-refractivity contribution >= 4 is 29.5 Å². The molecule has 27 heavy (non-hydrogen) atoms. The molecule has 0 aromatic rings. The molecule has 0 aromatic heterocycles. The van der Waals surface area contributed by atoms with Crippen LogP contribution in [-0.4, -0.2) is 83.6 Å². The maximum Gasteiger partial charge on any atom is 0.245 e. The highest BCUT2D eigenvalue weighted by molar-refractivity contribution is 5.96. The molecule has 3 rings (SSSR count). The summed E-state index contributed by atoms with van der Waals surface area (Å²) in [7, 11) is 0. The van der Waals surface area contributed by atoms with Gasteiger partial charge in [0.25, 0.3) is 0 Å². The minimum atomic E-state index is -0.808. The zero-order valence-corrected chi connectivity index (χ0v) is 15.3. The number of nitrogens with zero attached hydrogens (tertiary/aromatic N) is 2. The summed E-state index contributed by atoms with van der Waals surface area (Å²) in [4.78, 5) is 64.9. The lowest BCUT2D eigenvalue weighted by Crippen LogP contribution is -2.53. The van der Waals surface area contributed by atoms with Crippen LogP contribution >= 0.6 is 0 Å². The van der Waals surface area contributed by atoms with Gasteiger partial charge in [-0.2, -0.15) is 0 Å². The van der Waals surface area contributed by atoms with Gasteiger partial charge in [-0.3, -0.25) is 24.0 Å². The van der Waals surface area contributed by atoms with Crippen LogP contribution in [-0.2, 0) is 24.0 Å². The van der Waals surface area contributed by atoms with Gasteiger partial charge in [0.05, 0.1) is 13.1 Å². The van der Waals surface area contributed by atoms with Crippen molar-refractivity contribution < 1.29 is 24.0 Å². The Morgan fingerprint density at radius 2 is 1.37 bits per heavy atom. The van der Waals surface area contributed by atoms with Gasteiger partial charge in [-0.05, 0) is 32.6 Å². The number of nitrogens with one attached hydrogen (secondary N) is 3. The summed E-state index contributed by atoms with van der Waals surface area (Å²) in [6, 6.07) is -2.10. The topological polar surface area (TPSA) is 128 Å². The minimum absolute atomic E-state index is 0.214. The summed E-state index contributed by atoms with van der Waals surface area (Å²) in [5, 5.41) is 7.69. The first kappa shape index (κ1) is 19.1. The molecule has 5 amide bonds. The van der Waals surface area contributed by atoms with E-state index in [2.05, 4.69) is 16.0 Å². The van der Waals surface area contributed by atoms with Crippen LogP contribution in [0.2, 0.25) is 0 Å². The van der Waals surface area contributed by atoms with E-state index in [1.54, 1.807) is 6.92 Å². The van der Waals surface area contributed by atoms with E-state index in [4.69, 9.17) is 0 Å². The predicted molar refractivity (Wildman–Crippen MR) is 93.1 cm³/mol. The van der Waals surface area contributed by atoms with Crippen molar-refractivity contribution in [3.05, 3.63) is 0 Å². The fourth-order valence-electron chi connectivity index (χ4n) is 3.91. The summed E-state index contributed by atoms with van der Waals surface area (Å²) in [5.41, 5.74) is 0. The Hall–Kier alpha value is -2.65. The number of fused-ring (bicyclic) bond motifs is 2. The summed E-state index contributed by atoms with van der Waals surface area (Å²) in [5.74, 6) is -1.98. The third-order valence-corrected chi connectivity index (χ3v) is 5.30. The lowest BCUT2D eigenvalue weighted by Gasteiger charge is -2.27. The molecule has 3 aliphatic heterocycles. The minimum Gasteiger partial charge on any atom is -0.345 e. The van der Waals surface area contributed by atoms with Crippen LogP contribution in [0.4, 0.5) is 0 Å². The highest BCUT2D eigenvalue weighted by atomic mass is 16.2. The van der Waals surface area contributed by atoms with E-state index < -0.39 is 29.9 Å². The van der Waals surface area contributed by atoms with Gasteiger partial charge in [0.1, 0.15) is 18.1 Å². The van der Waals surface area contributed by atoms with Crippen molar-refractivity contribution in [2.45, 2.75) is 50.7 Å². The largest absolute Gasteiger partial charge is 0.345 e. The van der Waals surface area contributed by atoms with Gasteiger partial charge in [-0.1, -0.05) is 0 Å². The van der Waals surface area contributed by atoms with Crippen LogP contribution in [0.15, 0.2) is 0 Å². The first-order chi connectivity index (χ1) is 12.9. The summed E-state index contributed by atoms with van der Waals surface area (Å²) >= 11 is 0. The molecule has 148 valence electrons. The SMILES string of the molecule is C[C@@H]1NC(=O)CNC(=O)[C@@H]2CCCN2C(=O)CNC(=O)[C@@H]2CCCN2C1=O. The molecule has 0 radical (unpaired) electrons. The van der Waals surface area contributed by atoms with Crippen LogP contribution in [0.25, 0.3) is 0 Å². The molecule has 0 saturated carbocycles. The second-order valence-corrected chi connectivity index (χ2v) is 7.16. The van der Waals surface area contributed by atoms with Gasteiger partial charge < -0.3 is 25.8 Å². The monoisotopic (exact) mass is 379 g/mol. The van der Waals surface area contributed by atoms with Crippen molar-refractivity contribution in [3.8, 4) is 0 Å². The smallest absolute Gasteiger partial charge is 0.245 e. The number of hydrogen-bond acceptors (Lipinski definition) is 5. The van der Waals surface area contributed by atoms with Crippen molar-refractivity contribution in [3.63, 3.8) is 0 Å². The lowest BCUT2D eigenvalue weighted by atomic mass is 10.2. The number of carbonyl (C=O) groups excluding carboxylic acids is 5. The average Bonchev–Trinajstić information content (AvgIpc) is 3.31. The molecular weight excluding hydrogens is 354 g/mol. The van der Waals surface area contributed by atoms with Crippen LogP contribution < -0.4 is 16.0 Å². The number of amides is 5. The highest BCUT2D eigenvalue weighted by Gasteiger charge is 2.38. The molecule has 0 spiro atoms. The zero-order chi connectivity index (χ0) is 19.6. The Morgan fingerprint density at radius 3 is 2.04 bits per heavy atom. The molecule has 0 unspecified atom stereocenters. The molecule has 0 bridgehead atoms. The molecule has 3 aliphatic rings. The van der Waals surface area contributed by atoms with Crippen molar-refractivity contribution in [1.82, 2.24) is 25.8 Å². The Kier molecular flexibility index (Phi) is 5.62. The zero-order valence-electron chi connectivity index (χ0n) is 15.3. The Labute approximate surface area is 157 Å². The fourth-order valence-corrected chi connectivity index (χ4v) is 3.91. The summed E-state index contributed by atoms with van der Waals surface area (Å²) in [6.45, 7) is 1.93. The quantitative estimate of drug-likeness (QED) is 0.437. The van der Waals surface area contributed by atoms with Crippen LogP contribution in [0.1, 0.15) is 32.6 Å². The molecule has 3 heterocycles. The molecule has 10 nitrogen and oxygen atoms in total. The second kappa shape index (κ2) is 7.93. The molecular formula is C17H25N5O5. The predicted octanol–water partition coefficient (Wildman–Crippen LogP) is -2.28. The Balaban J connectivity index is 1.80. The van der Waals surface area contributed by atoms with Gasteiger partial charge >= 0.3 is 0 Å². The van der Waals surface area contributed by atoms with E-state index in [0.717, 1.165) is 0 Å². The van der Waals surface area contributed by atoms with Gasteiger partial charge in [0.2, 0.25) is 29.5 Å². The van der Waals surface area contributed by atoms with Crippen LogP contribution in [0, 0.1) is 0 Å². The number of hydrogen-bond donors (Lipinski definition) is 3. The van der Waals surface area contributed by atoms with E-state index in [9.17, 15) is 24.0 Å². The number of rotatable bonds is 0. The highest BCUT2D eigenvalue weighted by Crippen LogP contribution is 2.20. The Bertz CT molecular complexity index is 666. The van der Waals surface area contributed by atoms with Gasteiger partial charge in [-0.25, -0.2) is 0 Å². The third kappa shape index (κ3) is 4.04. The first-order valence-electron chi connectivity index (χ1n) is 9.33. The lowest BCUT2D eigenvalue weighted by molar-refractivity contribution is -0.141. The van der Waals surface area contributed by atoms with Crippen molar-refractivity contribution in [2.75, 3.05) is 26.2 Å². The summed E-state index contributed by atoms with van der Waals surface area (Å²) in [6.07, 6.45) is 2.39. The molecule has 10 heteroatoms. The molecule has 0 aromatic carbocycles. The van der Waals surface area contributed by atoms with E-state index >= 15 is 0 Å². The standard InChI is InChI=1S/C17H25N5O5/c1-10-17(27)22-7-3-5-12(22)16(26)19-9-14(24)21-6-2-4-11(21)15(25)18-8-13(23)20-10/h10-12H,2-9H2,1H3,(H,18,25)(H,19,26)(H,20,23)/t10-,11-,12-/m0/s1. The molecule has 3 atom stereocenters. The van der Waals surface area contributed by atoms with E-state index in [-0.39, 0.29) is 30.8 Å². The third-order valence-electron chi connectivity index (χ3n) is 5.30. The van der Waals surface area contributed by atoms with Crippen molar-refractivity contribution in [2.24, 2.45) is 0 Å². The van der Waals surface area contributed by atoms with Crippen LogP contribution in [0.5, 0.6) is 0 Å². The molecule has 3 saturated heterocycles. The van der Waals surface area contributed by atoms with Gasteiger partial charge in [-0.15, -0.1) is 0 Å². The Morgan fingerprint density at radius 1 is 0.815 bits per heavy atom. The first-order valence-corrected chi connectivity index (χ1v) is 9.33. The van der Waals surface area contributed by atoms with Crippen LogP contribution in [0.3, 0.4) is 0 Å². The van der Waals surface area contributed by atoms with E-state index in [1.807, 2.05) is 0 Å². The van der Waals surface area contributed by atoms with Crippen molar-refractivity contribution in [1.29, 1.82) is 0 Å². The normalized spacial score (nSPS) is 30.7. The maximum atomic E-state index is 12.6. The van der Waals surface area contributed by atoms with Gasteiger partial charge in [0, 0.05) is 13.1 Å². The maximum absolute atomic E-state index is 12.6. The summed E-state index contributed by atoms with van der Waals surface area (Å²) < 4.78 is 0. The fraction of sp³-hybridized carbons (Fsp3) is 0.706. The molecule has 0 aliphatic carbocycles. The number of carbonyl (C=O) groups is 5. The average molecular weight is 379 g/mol.